The van der Waals surface area contributed by atoms with Gasteiger partial charge in [-0.3, -0.25) is 4.79 Å². The van der Waals surface area contributed by atoms with Crippen LogP contribution in [0.5, 0.6) is 0 Å². The zero-order valence-corrected chi connectivity index (χ0v) is 12.2. The molecule has 2 rings (SSSR count). The molecule has 0 atom stereocenters. The second-order valence-electron chi connectivity index (χ2n) is 4.91. The van der Waals surface area contributed by atoms with Gasteiger partial charge in [-0.05, 0) is 43.7 Å². The molecule has 0 aliphatic carbocycles. The predicted octanol–water partition coefficient (Wildman–Crippen LogP) is 2.56. The Morgan fingerprint density at radius 3 is 2.67 bits per heavy atom. The van der Waals surface area contributed by atoms with Gasteiger partial charge in [0.15, 0.2) is 0 Å². The first-order valence-corrected chi connectivity index (χ1v) is 6.86. The SMILES string of the molecule is Cc1ccc(CNCCNC(=O)c2ccc(C)c(F)c2)o1. The Labute approximate surface area is 123 Å². The molecule has 0 bridgehead atoms. The Balaban J connectivity index is 1.70. The van der Waals surface area contributed by atoms with E-state index in [1.54, 1.807) is 19.1 Å². The van der Waals surface area contributed by atoms with Crippen LogP contribution in [0, 0.1) is 19.7 Å². The van der Waals surface area contributed by atoms with Crippen molar-refractivity contribution in [3.8, 4) is 0 Å². The number of rotatable bonds is 6. The van der Waals surface area contributed by atoms with E-state index in [1.807, 2.05) is 19.1 Å². The van der Waals surface area contributed by atoms with E-state index in [0.29, 0.717) is 30.8 Å². The smallest absolute Gasteiger partial charge is 0.251 e. The van der Waals surface area contributed by atoms with Gasteiger partial charge in [0.05, 0.1) is 6.54 Å². The molecule has 0 aliphatic heterocycles. The van der Waals surface area contributed by atoms with Gasteiger partial charge in [-0.1, -0.05) is 6.07 Å². The van der Waals surface area contributed by atoms with E-state index in [4.69, 9.17) is 4.42 Å². The molecule has 4 nitrogen and oxygen atoms in total. The first kappa shape index (κ1) is 15.3. The van der Waals surface area contributed by atoms with Gasteiger partial charge < -0.3 is 15.1 Å². The second kappa shape index (κ2) is 7.04. The molecule has 0 saturated carbocycles. The summed E-state index contributed by atoms with van der Waals surface area (Å²) < 4.78 is 18.8. The van der Waals surface area contributed by atoms with Crippen LogP contribution in [-0.2, 0) is 6.54 Å². The van der Waals surface area contributed by atoms with Crippen molar-refractivity contribution >= 4 is 5.91 Å². The van der Waals surface area contributed by atoms with Gasteiger partial charge in [0.1, 0.15) is 17.3 Å². The van der Waals surface area contributed by atoms with Crippen LogP contribution in [0.4, 0.5) is 4.39 Å². The summed E-state index contributed by atoms with van der Waals surface area (Å²) in [6.07, 6.45) is 0. The first-order valence-electron chi connectivity index (χ1n) is 6.86. The molecule has 0 aliphatic rings. The first-order chi connectivity index (χ1) is 10.1. The third-order valence-electron chi connectivity index (χ3n) is 3.12. The van der Waals surface area contributed by atoms with Crippen LogP contribution in [0.2, 0.25) is 0 Å². The van der Waals surface area contributed by atoms with Gasteiger partial charge in [0, 0.05) is 18.7 Å². The number of aryl methyl sites for hydroxylation is 2. The lowest BCUT2D eigenvalue weighted by Crippen LogP contribution is -2.31. The second-order valence-corrected chi connectivity index (χ2v) is 4.91. The third kappa shape index (κ3) is 4.43. The molecule has 2 aromatic rings. The quantitative estimate of drug-likeness (QED) is 0.804. The number of carbonyl (C=O) groups excluding carboxylic acids is 1. The van der Waals surface area contributed by atoms with Crippen molar-refractivity contribution in [2.24, 2.45) is 0 Å². The van der Waals surface area contributed by atoms with Crippen molar-refractivity contribution in [1.29, 1.82) is 0 Å². The van der Waals surface area contributed by atoms with Crippen molar-refractivity contribution in [3.63, 3.8) is 0 Å². The van der Waals surface area contributed by atoms with Crippen molar-refractivity contribution in [2.75, 3.05) is 13.1 Å². The Morgan fingerprint density at radius 1 is 1.19 bits per heavy atom. The minimum atomic E-state index is -0.367. The summed E-state index contributed by atoms with van der Waals surface area (Å²) in [6.45, 7) is 5.25. The van der Waals surface area contributed by atoms with Crippen LogP contribution >= 0.6 is 0 Å². The highest BCUT2D eigenvalue weighted by molar-refractivity contribution is 5.94. The lowest BCUT2D eigenvalue weighted by atomic mass is 10.1. The van der Waals surface area contributed by atoms with E-state index in [1.165, 1.54) is 6.07 Å². The maximum Gasteiger partial charge on any atom is 0.251 e. The average molecular weight is 290 g/mol. The van der Waals surface area contributed by atoms with E-state index in [2.05, 4.69) is 10.6 Å². The molecular weight excluding hydrogens is 271 g/mol. The summed E-state index contributed by atoms with van der Waals surface area (Å²) in [5.41, 5.74) is 0.863. The van der Waals surface area contributed by atoms with Crippen LogP contribution in [0.25, 0.3) is 0 Å². The maximum absolute atomic E-state index is 13.4. The highest BCUT2D eigenvalue weighted by atomic mass is 19.1. The topological polar surface area (TPSA) is 54.3 Å². The zero-order chi connectivity index (χ0) is 15.2. The molecule has 112 valence electrons. The van der Waals surface area contributed by atoms with Crippen molar-refractivity contribution in [1.82, 2.24) is 10.6 Å². The van der Waals surface area contributed by atoms with Gasteiger partial charge >= 0.3 is 0 Å². The van der Waals surface area contributed by atoms with Crippen molar-refractivity contribution < 1.29 is 13.6 Å². The summed E-state index contributed by atoms with van der Waals surface area (Å²) in [7, 11) is 0. The van der Waals surface area contributed by atoms with Crippen LogP contribution < -0.4 is 10.6 Å². The largest absolute Gasteiger partial charge is 0.465 e. The number of hydrogen-bond donors (Lipinski definition) is 2. The van der Waals surface area contributed by atoms with E-state index in [9.17, 15) is 9.18 Å². The van der Waals surface area contributed by atoms with E-state index in [0.717, 1.165) is 11.5 Å². The Bertz CT molecular complexity index is 622. The Morgan fingerprint density at radius 2 is 2.00 bits per heavy atom. The number of halogens is 1. The van der Waals surface area contributed by atoms with Crippen LogP contribution in [0.15, 0.2) is 34.7 Å². The lowest BCUT2D eigenvalue weighted by molar-refractivity contribution is 0.0953. The van der Waals surface area contributed by atoms with E-state index in [-0.39, 0.29) is 11.7 Å². The molecule has 21 heavy (non-hydrogen) atoms. The van der Waals surface area contributed by atoms with Crippen LogP contribution in [0.1, 0.15) is 27.4 Å². The highest BCUT2D eigenvalue weighted by Gasteiger charge is 2.07. The zero-order valence-electron chi connectivity index (χ0n) is 12.2. The Hall–Kier alpha value is -2.14. The number of amides is 1. The molecule has 0 fully saturated rings. The summed E-state index contributed by atoms with van der Waals surface area (Å²) >= 11 is 0. The molecule has 0 radical (unpaired) electrons. The van der Waals surface area contributed by atoms with Gasteiger partial charge in [-0.15, -0.1) is 0 Å². The normalized spacial score (nSPS) is 10.6. The minimum absolute atomic E-state index is 0.274. The van der Waals surface area contributed by atoms with Crippen molar-refractivity contribution in [3.05, 3.63) is 58.8 Å². The fourth-order valence-electron chi connectivity index (χ4n) is 1.89. The lowest BCUT2D eigenvalue weighted by Gasteiger charge is -2.07. The van der Waals surface area contributed by atoms with Gasteiger partial charge in [0.25, 0.3) is 5.91 Å². The molecule has 1 aromatic carbocycles. The molecule has 2 N–H and O–H groups in total. The highest BCUT2D eigenvalue weighted by Crippen LogP contribution is 2.09. The number of furan rings is 1. The number of benzene rings is 1. The molecule has 0 spiro atoms. The average Bonchev–Trinajstić information content (AvgIpc) is 2.87. The van der Waals surface area contributed by atoms with Crippen molar-refractivity contribution in [2.45, 2.75) is 20.4 Å². The molecule has 0 saturated heterocycles. The minimum Gasteiger partial charge on any atom is -0.465 e. The van der Waals surface area contributed by atoms with E-state index < -0.39 is 0 Å². The third-order valence-corrected chi connectivity index (χ3v) is 3.12. The molecular formula is C16H19FN2O2. The number of nitrogens with one attached hydrogen (secondary N) is 2. The summed E-state index contributed by atoms with van der Waals surface area (Å²) in [5, 5.41) is 5.90. The molecule has 0 unspecified atom stereocenters. The van der Waals surface area contributed by atoms with E-state index >= 15 is 0 Å². The van der Waals surface area contributed by atoms with Crippen LogP contribution in [0.3, 0.4) is 0 Å². The summed E-state index contributed by atoms with van der Waals surface area (Å²) in [6, 6.07) is 8.29. The van der Waals surface area contributed by atoms with Gasteiger partial charge in [0.2, 0.25) is 0 Å². The van der Waals surface area contributed by atoms with Gasteiger partial charge in [-0.2, -0.15) is 0 Å². The molecule has 5 heteroatoms. The van der Waals surface area contributed by atoms with Crippen LogP contribution in [-0.4, -0.2) is 19.0 Å². The number of carbonyl (C=O) groups is 1. The van der Waals surface area contributed by atoms with Gasteiger partial charge in [-0.25, -0.2) is 4.39 Å². The standard InChI is InChI=1S/C16H19FN2O2/c1-11-3-5-13(9-15(11)17)16(20)19-8-7-18-10-14-6-4-12(2)21-14/h3-6,9,18H,7-8,10H2,1-2H3,(H,19,20). The fraction of sp³-hybridized carbons (Fsp3) is 0.312. The predicted molar refractivity (Wildman–Crippen MR) is 78.6 cm³/mol. The maximum atomic E-state index is 13.4. The molecule has 1 heterocycles. The monoisotopic (exact) mass is 290 g/mol. The molecule has 1 amide bonds. The fourth-order valence-corrected chi connectivity index (χ4v) is 1.89. The number of hydrogen-bond acceptors (Lipinski definition) is 3. The summed E-state index contributed by atoms with van der Waals surface area (Å²) in [4.78, 5) is 11.8. The Kier molecular flexibility index (Phi) is 5.11. The molecule has 1 aromatic heterocycles. The summed E-state index contributed by atoms with van der Waals surface area (Å²) in [5.74, 6) is 1.10.